The van der Waals surface area contributed by atoms with Gasteiger partial charge in [0.1, 0.15) is 5.82 Å². The largest absolute Gasteiger partial charge is 0.338 e. The highest BCUT2D eigenvalue weighted by Gasteiger charge is 2.49. The van der Waals surface area contributed by atoms with Crippen LogP contribution in [-0.4, -0.2) is 53.9 Å². The molecule has 0 unspecified atom stereocenters. The van der Waals surface area contributed by atoms with Gasteiger partial charge in [0.15, 0.2) is 0 Å². The quantitative estimate of drug-likeness (QED) is 0.827. The van der Waals surface area contributed by atoms with E-state index in [0.717, 1.165) is 38.5 Å². The summed E-state index contributed by atoms with van der Waals surface area (Å²) in [6.45, 7) is 1.57. The molecule has 0 radical (unpaired) electrons. The average Bonchev–Trinajstić information content (AvgIpc) is 2.81. The fourth-order valence-electron chi connectivity index (χ4n) is 3.46. The molecule has 3 rings (SSSR count). The van der Waals surface area contributed by atoms with Crippen molar-refractivity contribution in [3.63, 3.8) is 0 Å². The zero-order valence-electron chi connectivity index (χ0n) is 12.0. The molecule has 1 amide bonds. The highest BCUT2D eigenvalue weighted by Crippen LogP contribution is 2.49. The molecule has 108 valence electrons. The van der Waals surface area contributed by atoms with E-state index in [1.807, 2.05) is 4.90 Å². The molecule has 4 nitrogen and oxygen atoms in total. The van der Waals surface area contributed by atoms with Crippen molar-refractivity contribution in [1.82, 2.24) is 14.8 Å². The summed E-state index contributed by atoms with van der Waals surface area (Å²) in [6.07, 6.45) is 5.94. The second kappa shape index (κ2) is 4.81. The van der Waals surface area contributed by atoms with Crippen LogP contribution in [0.25, 0.3) is 0 Å². The maximum atomic E-state index is 13.1. The summed E-state index contributed by atoms with van der Waals surface area (Å²) >= 11 is 0. The van der Waals surface area contributed by atoms with E-state index in [1.165, 1.54) is 12.3 Å². The van der Waals surface area contributed by atoms with Gasteiger partial charge in [-0.25, -0.2) is 4.39 Å². The fourth-order valence-corrected chi connectivity index (χ4v) is 3.46. The number of likely N-dealkylation sites (tertiary alicyclic amines) is 1. The number of aromatic nitrogens is 1. The zero-order chi connectivity index (χ0) is 14.3. The monoisotopic (exact) mass is 277 g/mol. The van der Waals surface area contributed by atoms with E-state index in [2.05, 4.69) is 24.0 Å². The molecule has 2 aliphatic rings. The Balaban J connectivity index is 1.65. The van der Waals surface area contributed by atoms with Gasteiger partial charge in [-0.2, -0.15) is 0 Å². The summed E-state index contributed by atoms with van der Waals surface area (Å²) in [5, 5.41) is 0. The molecule has 20 heavy (non-hydrogen) atoms. The van der Waals surface area contributed by atoms with Gasteiger partial charge in [0.05, 0.1) is 11.8 Å². The van der Waals surface area contributed by atoms with Crippen molar-refractivity contribution < 1.29 is 9.18 Å². The highest BCUT2D eigenvalue weighted by molar-refractivity contribution is 5.94. The first-order valence-electron chi connectivity index (χ1n) is 7.05. The Hall–Kier alpha value is -1.49. The molecule has 1 aromatic heterocycles. The van der Waals surface area contributed by atoms with Crippen LogP contribution in [0.3, 0.4) is 0 Å². The summed E-state index contributed by atoms with van der Waals surface area (Å²) in [4.78, 5) is 20.2. The van der Waals surface area contributed by atoms with Gasteiger partial charge in [-0.1, -0.05) is 0 Å². The van der Waals surface area contributed by atoms with Gasteiger partial charge in [-0.05, 0) is 44.8 Å². The van der Waals surface area contributed by atoms with Crippen LogP contribution in [0.1, 0.15) is 29.6 Å². The molecule has 2 fully saturated rings. The lowest BCUT2D eigenvalue weighted by molar-refractivity contribution is 0.0313. The van der Waals surface area contributed by atoms with E-state index in [1.54, 1.807) is 0 Å². The van der Waals surface area contributed by atoms with Gasteiger partial charge >= 0.3 is 0 Å². The number of amides is 1. The number of nitrogens with zero attached hydrogens (tertiary/aromatic N) is 3. The van der Waals surface area contributed by atoms with Crippen molar-refractivity contribution in [3.05, 3.63) is 29.8 Å². The minimum Gasteiger partial charge on any atom is -0.338 e. The Morgan fingerprint density at radius 3 is 2.85 bits per heavy atom. The fraction of sp³-hybridized carbons (Fsp3) is 0.600. The van der Waals surface area contributed by atoms with Crippen LogP contribution in [0.5, 0.6) is 0 Å². The molecule has 1 aromatic rings. The number of rotatable bonds is 2. The van der Waals surface area contributed by atoms with E-state index < -0.39 is 5.82 Å². The number of hydrogen-bond acceptors (Lipinski definition) is 3. The minimum absolute atomic E-state index is 0.0952. The first-order valence-corrected chi connectivity index (χ1v) is 7.05. The number of hydrogen-bond donors (Lipinski definition) is 0. The number of carbonyl (C=O) groups is 1. The van der Waals surface area contributed by atoms with Crippen LogP contribution in [-0.2, 0) is 0 Å². The lowest BCUT2D eigenvalue weighted by Crippen LogP contribution is -2.49. The van der Waals surface area contributed by atoms with Gasteiger partial charge in [0.2, 0.25) is 0 Å². The Bertz CT molecular complexity index is 526. The third-order valence-corrected chi connectivity index (χ3v) is 4.74. The second-order valence-electron chi connectivity index (χ2n) is 6.39. The van der Waals surface area contributed by atoms with E-state index in [9.17, 15) is 9.18 Å². The number of pyridine rings is 1. The van der Waals surface area contributed by atoms with Gasteiger partial charge in [0, 0.05) is 25.3 Å². The number of halogens is 1. The molecule has 0 bridgehead atoms. The molecule has 1 aliphatic heterocycles. The predicted octanol–water partition coefficient (Wildman–Crippen LogP) is 1.78. The first-order chi connectivity index (χ1) is 9.49. The van der Waals surface area contributed by atoms with E-state index >= 15 is 0 Å². The van der Waals surface area contributed by atoms with Crippen molar-refractivity contribution >= 4 is 5.91 Å². The van der Waals surface area contributed by atoms with Crippen molar-refractivity contribution in [2.24, 2.45) is 5.41 Å². The van der Waals surface area contributed by atoms with Gasteiger partial charge in [-0.3, -0.25) is 9.78 Å². The standard InChI is InChI=1S/C15H20FN3O/c1-18(2)13-6-15(7-13)3-4-19(10-15)14(20)11-5-12(16)9-17-8-11/h5,8-9,13H,3-4,6-7,10H2,1-2H3. The van der Waals surface area contributed by atoms with Crippen LogP contribution in [0.2, 0.25) is 0 Å². The van der Waals surface area contributed by atoms with Crippen LogP contribution in [0.15, 0.2) is 18.5 Å². The first kappa shape index (κ1) is 13.5. The molecular weight excluding hydrogens is 257 g/mol. The maximum absolute atomic E-state index is 13.1. The van der Waals surface area contributed by atoms with Crippen LogP contribution in [0, 0.1) is 11.2 Å². The highest BCUT2D eigenvalue weighted by atomic mass is 19.1. The third-order valence-electron chi connectivity index (χ3n) is 4.74. The van der Waals surface area contributed by atoms with Crippen molar-refractivity contribution in [2.45, 2.75) is 25.3 Å². The van der Waals surface area contributed by atoms with E-state index in [4.69, 9.17) is 0 Å². The Kier molecular flexibility index (Phi) is 3.24. The molecule has 1 saturated heterocycles. The molecule has 0 atom stereocenters. The van der Waals surface area contributed by atoms with Crippen molar-refractivity contribution in [2.75, 3.05) is 27.2 Å². The van der Waals surface area contributed by atoms with Crippen LogP contribution in [0.4, 0.5) is 4.39 Å². The molecule has 2 heterocycles. The average molecular weight is 277 g/mol. The zero-order valence-corrected chi connectivity index (χ0v) is 12.0. The normalized spacial score (nSPS) is 29.0. The summed E-state index contributed by atoms with van der Waals surface area (Å²) in [6, 6.07) is 1.91. The lowest BCUT2D eigenvalue weighted by atomic mass is 9.64. The maximum Gasteiger partial charge on any atom is 0.255 e. The van der Waals surface area contributed by atoms with Gasteiger partial charge in [-0.15, -0.1) is 0 Å². The molecular formula is C15H20FN3O. The molecule has 0 N–H and O–H groups in total. The summed E-state index contributed by atoms with van der Waals surface area (Å²) in [7, 11) is 4.21. The van der Waals surface area contributed by atoms with Crippen LogP contribution >= 0.6 is 0 Å². The van der Waals surface area contributed by atoms with E-state index in [-0.39, 0.29) is 5.91 Å². The third kappa shape index (κ3) is 2.30. The molecule has 1 saturated carbocycles. The van der Waals surface area contributed by atoms with E-state index in [0.29, 0.717) is 17.0 Å². The molecule has 1 aliphatic carbocycles. The topological polar surface area (TPSA) is 36.4 Å². The minimum atomic E-state index is -0.457. The summed E-state index contributed by atoms with van der Waals surface area (Å²) < 4.78 is 13.1. The molecule has 1 spiro atoms. The second-order valence-corrected chi connectivity index (χ2v) is 6.39. The van der Waals surface area contributed by atoms with Gasteiger partial charge in [0.25, 0.3) is 5.91 Å². The molecule has 5 heteroatoms. The Labute approximate surface area is 118 Å². The van der Waals surface area contributed by atoms with Gasteiger partial charge < -0.3 is 9.80 Å². The Morgan fingerprint density at radius 2 is 2.20 bits per heavy atom. The molecule has 0 aromatic carbocycles. The summed E-state index contributed by atoms with van der Waals surface area (Å²) in [5.41, 5.74) is 0.649. The van der Waals surface area contributed by atoms with Crippen molar-refractivity contribution in [3.8, 4) is 0 Å². The number of carbonyl (C=O) groups excluding carboxylic acids is 1. The smallest absolute Gasteiger partial charge is 0.255 e. The lowest BCUT2D eigenvalue weighted by Gasteiger charge is -2.48. The SMILES string of the molecule is CN(C)C1CC2(CCN(C(=O)c3cncc(F)c3)C2)C1. The van der Waals surface area contributed by atoms with Crippen LogP contribution < -0.4 is 0 Å². The Morgan fingerprint density at radius 1 is 1.45 bits per heavy atom. The van der Waals surface area contributed by atoms with Crippen molar-refractivity contribution in [1.29, 1.82) is 0 Å². The predicted molar refractivity (Wildman–Crippen MR) is 73.9 cm³/mol. The summed E-state index contributed by atoms with van der Waals surface area (Å²) in [5.74, 6) is -0.553.